The Morgan fingerprint density at radius 2 is 1.40 bits per heavy atom. The second kappa shape index (κ2) is 10.6. The molecule has 5 rings (SSSR count). The molecule has 10 heteroatoms. The highest BCUT2D eigenvalue weighted by Gasteiger charge is 2.84. The minimum atomic E-state index is -1.36. The van der Waals surface area contributed by atoms with E-state index in [9.17, 15) is 24.0 Å². The summed E-state index contributed by atoms with van der Waals surface area (Å²) in [6.07, 6.45) is -1.71. The molecule has 0 N–H and O–H groups in total. The second-order valence-electron chi connectivity index (χ2n) is 13.2. The summed E-state index contributed by atoms with van der Waals surface area (Å²) in [5.41, 5.74) is -2.42. The second-order valence-corrected chi connectivity index (χ2v) is 13.2. The van der Waals surface area contributed by atoms with Gasteiger partial charge in [0.05, 0.1) is 11.5 Å². The fraction of sp³-hybridized carbons (Fsp3) is 0.606. The lowest BCUT2D eigenvalue weighted by Crippen LogP contribution is -2.43. The fourth-order valence-electron chi connectivity index (χ4n) is 7.97. The van der Waals surface area contributed by atoms with Crippen molar-refractivity contribution in [3.8, 4) is 0 Å². The smallest absolute Gasteiger partial charge is 0.338 e. The number of ether oxygens (including phenoxy) is 5. The van der Waals surface area contributed by atoms with Gasteiger partial charge in [0.25, 0.3) is 0 Å². The van der Waals surface area contributed by atoms with Crippen molar-refractivity contribution < 1.29 is 47.7 Å². The number of ketones is 1. The average Bonchev–Trinajstić information content (AvgIpc) is 3.71. The lowest BCUT2D eigenvalue weighted by molar-refractivity contribution is -0.166. The van der Waals surface area contributed by atoms with Crippen molar-refractivity contribution in [2.75, 3.05) is 0 Å². The minimum Gasteiger partial charge on any atom is -0.461 e. The molecule has 1 aromatic rings. The Kier molecular flexibility index (Phi) is 7.60. The predicted molar refractivity (Wildman–Crippen MR) is 151 cm³/mol. The van der Waals surface area contributed by atoms with Gasteiger partial charge in [0, 0.05) is 32.6 Å². The Labute approximate surface area is 251 Å². The van der Waals surface area contributed by atoms with Crippen LogP contribution in [0.15, 0.2) is 42.0 Å². The first kappa shape index (κ1) is 30.9. The van der Waals surface area contributed by atoms with Gasteiger partial charge in [-0.15, -0.1) is 0 Å². The lowest BCUT2D eigenvalue weighted by Gasteiger charge is -2.30. The highest BCUT2D eigenvalue weighted by Crippen LogP contribution is 2.69. The Morgan fingerprint density at radius 1 is 0.837 bits per heavy atom. The summed E-state index contributed by atoms with van der Waals surface area (Å²) >= 11 is 0. The molecule has 0 unspecified atom stereocenters. The number of epoxide rings is 1. The zero-order valence-electron chi connectivity index (χ0n) is 25.9. The summed E-state index contributed by atoms with van der Waals surface area (Å²) in [4.78, 5) is 65.0. The van der Waals surface area contributed by atoms with Crippen LogP contribution in [0.2, 0.25) is 0 Å². The molecule has 3 fully saturated rings. The molecule has 232 valence electrons. The van der Waals surface area contributed by atoms with Gasteiger partial charge in [0.1, 0.15) is 18.3 Å². The molecule has 1 heterocycles. The van der Waals surface area contributed by atoms with Crippen LogP contribution in [-0.2, 0) is 42.9 Å². The van der Waals surface area contributed by atoms with Gasteiger partial charge < -0.3 is 23.7 Å². The van der Waals surface area contributed by atoms with Crippen LogP contribution in [0, 0.1) is 29.1 Å². The van der Waals surface area contributed by atoms with Gasteiger partial charge in [-0.3, -0.25) is 19.2 Å². The Bertz CT molecular complexity index is 1380. The first-order chi connectivity index (χ1) is 20.1. The fourth-order valence-corrected chi connectivity index (χ4v) is 7.97. The highest BCUT2D eigenvalue weighted by atomic mass is 16.7. The van der Waals surface area contributed by atoms with E-state index in [1.165, 1.54) is 20.8 Å². The topological polar surface area (TPSA) is 135 Å². The molecular weight excluding hydrogens is 556 g/mol. The van der Waals surface area contributed by atoms with E-state index < -0.39 is 82.7 Å². The number of carbonyl (C=O) groups is 5. The maximum Gasteiger partial charge on any atom is 0.338 e. The Morgan fingerprint density at radius 3 is 1.98 bits per heavy atom. The number of esters is 4. The van der Waals surface area contributed by atoms with Crippen LogP contribution < -0.4 is 0 Å². The van der Waals surface area contributed by atoms with Crippen LogP contribution in [0.3, 0.4) is 0 Å². The standard InChI is InChI=1S/C33H40O10/c1-16-14-33-29(42-30(38)22-12-10-9-11-13-22)17(2)15-32(33,43-33)28(37)18(3)26(40-20(5)35)23-24(31(23,7)8)27(41-21(6)36)25(16)39-19(4)34/h9-14,17-18,23-27,29H,15H2,1-8H3/b16-14+/t17-,18+,23-,24+,25+,26-,27-,29-,32-,33-/m0/s1. The van der Waals surface area contributed by atoms with Crippen LogP contribution in [0.5, 0.6) is 0 Å². The van der Waals surface area contributed by atoms with Crippen molar-refractivity contribution >= 4 is 29.7 Å². The van der Waals surface area contributed by atoms with E-state index in [-0.39, 0.29) is 18.1 Å². The van der Waals surface area contributed by atoms with Crippen molar-refractivity contribution in [2.24, 2.45) is 29.1 Å². The van der Waals surface area contributed by atoms with E-state index in [0.717, 1.165) is 0 Å². The van der Waals surface area contributed by atoms with E-state index in [4.69, 9.17) is 23.7 Å². The van der Waals surface area contributed by atoms with Gasteiger partial charge in [0.15, 0.2) is 23.1 Å². The third-order valence-electron chi connectivity index (χ3n) is 9.82. The number of rotatable bonds is 5. The van der Waals surface area contributed by atoms with Crippen molar-refractivity contribution in [3.63, 3.8) is 0 Å². The zero-order valence-corrected chi connectivity index (χ0v) is 25.9. The molecule has 0 aromatic heterocycles. The highest BCUT2D eigenvalue weighted by molar-refractivity contribution is 5.96. The van der Waals surface area contributed by atoms with Crippen molar-refractivity contribution in [1.82, 2.24) is 0 Å². The number of benzene rings is 1. The molecule has 0 radical (unpaired) electrons. The summed E-state index contributed by atoms with van der Waals surface area (Å²) in [5.74, 6) is -4.40. The summed E-state index contributed by atoms with van der Waals surface area (Å²) in [7, 11) is 0. The molecule has 1 saturated heterocycles. The molecule has 0 spiro atoms. The Balaban J connectivity index is 1.66. The largest absolute Gasteiger partial charge is 0.461 e. The third kappa shape index (κ3) is 4.97. The third-order valence-corrected chi connectivity index (χ3v) is 9.82. The molecular formula is C33H40O10. The number of carbonyl (C=O) groups excluding carboxylic acids is 5. The number of fused-ring (bicyclic) bond motifs is 1. The molecule has 10 nitrogen and oxygen atoms in total. The maximum atomic E-state index is 14.5. The molecule has 0 amide bonds. The van der Waals surface area contributed by atoms with Gasteiger partial charge in [-0.05, 0) is 48.5 Å². The van der Waals surface area contributed by atoms with E-state index in [1.54, 1.807) is 50.3 Å². The Hall–Kier alpha value is -3.53. The summed E-state index contributed by atoms with van der Waals surface area (Å²) in [5, 5.41) is 0. The lowest BCUT2D eigenvalue weighted by atomic mass is 9.80. The number of hydrogen-bond donors (Lipinski definition) is 0. The van der Waals surface area contributed by atoms with E-state index in [2.05, 4.69) is 0 Å². The molecule has 1 aromatic carbocycles. The van der Waals surface area contributed by atoms with Crippen molar-refractivity contribution in [1.29, 1.82) is 0 Å². The first-order valence-corrected chi connectivity index (χ1v) is 14.8. The quantitative estimate of drug-likeness (QED) is 0.212. The molecule has 10 atom stereocenters. The number of Topliss-reactive ketones (excluding diaryl/α,β-unsaturated/α-hetero) is 1. The summed E-state index contributed by atoms with van der Waals surface area (Å²) in [6.45, 7) is 13.1. The van der Waals surface area contributed by atoms with Gasteiger partial charge in [-0.2, -0.15) is 0 Å². The van der Waals surface area contributed by atoms with Crippen molar-refractivity contribution in [3.05, 3.63) is 47.5 Å². The monoisotopic (exact) mass is 596 g/mol. The van der Waals surface area contributed by atoms with Gasteiger partial charge in [-0.1, -0.05) is 45.9 Å². The minimum absolute atomic E-state index is 0.260. The van der Waals surface area contributed by atoms with Crippen LogP contribution >= 0.6 is 0 Å². The number of hydrogen-bond acceptors (Lipinski definition) is 10. The molecule has 1 aliphatic heterocycles. The molecule has 2 saturated carbocycles. The predicted octanol–water partition coefficient (Wildman–Crippen LogP) is 3.99. The van der Waals surface area contributed by atoms with Gasteiger partial charge >= 0.3 is 23.9 Å². The molecule has 0 bridgehead atoms. The molecule has 3 aliphatic carbocycles. The van der Waals surface area contributed by atoms with E-state index >= 15 is 0 Å². The van der Waals surface area contributed by atoms with E-state index in [0.29, 0.717) is 11.1 Å². The zero-order chi connectivity index (χ0) is 31.6. The van der Waals surface area contributed by atoms with Gasteiger partial charge in [0.2, 0.25) is 0 Å². The van der Waals surface area contributed by atoms with Gasteiger partial charge in [-0.25, -0.2) is 4.79 Å². The van der Waals surface area contributed by atoms with Crippen molar-refractivity contribution in [2.45, 2.75) is 97.4 Å². The molecule has 4 aliphatic rings. The maximum absolute atomic E-state index is 14.5. The van der Waals surface area contributed by atoms with Crippen LogP contribution in [0.25, 0.3) is 0 Å². The summed E-state index contributed by atoms with van der Waals surface area (Å²) < 4.78 is 30.0. The average molecular weight is 597 g/mol. The first-order valence-electron chi connectivity index (χ1n) is 14.8. The summed E-state index contributed by atoms with van der Waals surface area (Å²) in [6, 6.07) is 8.54. The van der Waals surface area contributed by atoms with Crippen LogP contribution in [0.1, 0.15) is 72.2 Å². The van der Waals surface area contributed by atoms with Crippen LogP contribution in [0.4, 0.5) is 0 Å². The SMILES string of the molecule is CC(=O)O[C@@H]1[C@@H]2[C@H]([C@H](OC(C)=O)[C@H](OC(C)=O)/C(C)=C/[C@@]34O[C@@]3(C[C@H](C)[C@@H]4OC(=O)c3ccccc3)C(=O)[C@@H]1C)C2(C)C. The molecule has 43 heavy (non-hydrogen) atoms. The van der Waals surface area contributed by atoms with Crippen LogP contribution in [-0.4, -0.2) is 65.3 Å². The van der Waals surface area contributed by atoms with E-state index in [1.807, 2.05) is 20.8 Å². The normalized spacial score (nSPS) is 40.2.